The summed E-state index contributed by atoms with van der Waals surface area (Å²) >= 11 is 6.65. The lowest BCUT2D eigenvalue weighted by Crippen LogP contribution is -2.38. The molecule has 2 atom stereocenters. The Morgan fingerprint density at radius 3 is 2.43 bits per heavy atom. The highest BCUT2D eigenvalue weighted by atomic mass is 35.5. The van der Waals surface area contributed by atoms with Crippen LogP contribution in [-0.2, 0) is 28.8 Å². The summed E-state index contributed by atoms with van der Waals surface area (Å²) < 4.78 is 6.20. The van der Waals surface area contributed by atoms with E-state index in [4.69, 9.17) is 16.3 Å². The molecule has 9 nitrogen and oxygen atoms in total. The second-order valence-corrected chi connectivity index (χ2v) is 10.5. The van der Waals surface area contributed by atoms with Crippen LogP contribution in [0, 0.1) is 0 Å². The molecule has 0 aliphatic rings. The normalized spacial score (nSPS) is 12.6. The van der Waals surface area contributed by atoms with Gasteiger partial charge in [-0.3, -0.25) is 4.79 Å². The van der Waals surface area contributed by atoms with Crippen molar-refractivity contribution in [2.24, 2.45) is 0 Å². The van der Waals surface area contributed by atoms with Gasteiger partial charge < -0.3 is 15.0 Å². The zero-order chi connectivity index (χ0) is 29.3. The lowest BCUT2D eigenvalue weighted by molar-refractivity contribution is -0.152. The first-order valence-corrected chi connectivity index (χ1v) is 14.5. The molecule has 5 rings (SSSR count). The van der Waals surface area contributed by atoms with Crippen molar-refractivity contribution in [3.8, 4) is 22.5 Å². The zero-order valence-corrected chi connectivity index (χ0v) is 24.4. The maximum atomic E-state index is 13.5. The van der Waals surface area contributed by atoms with E-state index in [1.165, 1.54) is 0 Å². The second-order valence-electron chi connectivity index (χ2n) is 10.1. The Hall–Kier alpha value is -4.34. The van der Waals surface area contributed by atoms with Crippen molar-refractivity contribution >= 4 is 17.6 Å². The van der Waals surface area contributed by atoms with Gasteiger partial charge in [-0.1, -0.05) is 97.7 Å². The van der Waals surface area contributed by atoms with Gasteiger partial charge in [0.05, 0.1) is 5.69 Å². The van der Waals surface area contributed by atoms with Crippen LogP contribution in [0.5, 0.6) is 0 Å². The number of carbonyl (C=O) groups excluding carboxylic acids is 1. The third kappa shape index (κ3) is 7.10. The number of aromatic nitrogens is 6. The van der Waals surface area contributed by atoms with Crippen molar-refractivity contribution in [2.45, 2.75) is 51.2 Å². The predicted octanol–water partition coefficient (Wildman–Crippen LogP) is 5.91. The number of likely N-dealkylation sites (N-methyl/N-ethyl adjacent to an activating group) is 1. The van der Waals surface area contributed by atoms with Crippen molar-refractivity contribution in [2.75, 3.05) is 7.05 Å². The maximum Gasteiger partial charge on any atom is 0.324 e. The summed E-state index contributed by atoms with van der Waals surface area (Å²) in [5, 5.41) is 18.2. The minimum atomic E-state index is -0.694. The molecule has 10 heteroatoms. The number of aryl methyl sites for hydroxylation is 1. The predicted molar refractivity (Wildman–Crippen MR) is 163 cm³/mol. The molecule has 0 spiro atoms. The molecule has 42 heavy (non-hydrogen) atoms. The Balaban J connectivity index is 1.47. The Kier molecular flexibility index (Phi) is 9.74. The largest absolute Gasteiger partial charge is 0.454 e. The van der Waals surface area contributed by atoms with E-state index < -0.39 is 12.1 Å². The van der Waals surface area contributed by atoms with E-state index in [1.807, 2.05) is 78.9 Å². The quantitative estimate of drug-likeness (QED) is 0.147. The van der Waals surface area contributed by atoms with Crippen LogP contribution >= 0.6 is 11.6 Å². The van der Waals surface area contributed by atoms with E-state index in [0.29, 0.717) is 29.5 Å². The highest BCUT2D eigenvalue weighted by Crippen LogP contribution is 2.34. The molecule has 3 aromatic carbocycles. The average molecular weight is 584 g/mol. The van der Waals surface area contributed by atoms with Gasteiger partial charge in [-0.2, -0.15) is 5.21 Å². The summed E-state index contributed by atoms with van der Waals surface area (Å²) in [5.74, 6) is 0.884. The minimum absolute atomic E-state index is 0.308. The van der Waals surface area contributed by atoms with Gasteiger partial charge >= 0.3 is 5.97 Å². The number of imidazole rings is 1. The number of halogens is 1. The number of ether oxygens (including phenoxy) is 1. The van der Waals surface area contributed by atoms with Crippen LogP contribution in [0.2, 0.25) is 5.15 Å². The number of rotatable bonds is 13. The molecular weight excluding hydrogens is 550 g/mol. The number of aromatic amines is 2. The van der Waals surface area contributed by atoms with Gasteiger partial charge in [0.25, 0.3) is 0 Å². The summed E-state index contributed by atoms with van der Waals surface area (Å²) in [6, 6.07) is 25.4. The van der Waals surface area contributed by atoms with Crippen molar-refractivity contribution in [3.63, 3.8) is 0 Å². The molecule has 0 unspecified atom stereocenters. The molecule has 0 amide bonds. The lowest BCUT2D eigenvalue weighted by Gasteiger charge is -2.22. The Bertz CT molecular complexity index is 1570. The number of unbranched alkanes of at least 4 members (excludes halogenated alkanes) is 1. The molecule has 0 fully saturated rings. The molecule has 2 aromatic heterocycles. The molecule has 0 radical (unpaired) electrons. The van der Waals surface area contributed by atoms with Crippen LogP contribution in [0.25, 0.3) is 22.5 Å². The van der Waals surface area contributed by atoms with Gasteiger partial charge in [-0.05, 0) is 53.4 Å². The zero-order valence-electron chi connectivity index (χ0n) is 23.7. The summed E-state index contributed by atoms with van der Waals surface area (Å²) in [6.07, 6.45) is 2.93. The Morgan fingerprint density at radius 2 is 1.74 bits per heavy atom. The molecule has 216 valence electrons. The van der Waals surface area contributed by atoms with Crippen LogP contribution in [0.1, 0.15) is 48.5 Å². The Labute approximate surface area is 250 Å². The maximum absolute atomic E-state index is 13.5. The fourth-order valence-corrected chi connectivity index (χ4v) is 5.20. The molecule has 0 aliphatic heterocycles. The number of hydrogen-bond acceptors (Lipinski definition) is 7. The van der Waals surface area contributed by atoms with E-state index in [2.05, 4.69) is 42.8 Å². The molecule has 0 aliphatic carbocycles. The molecule has 5 aromatic rings. The smallest absolute Gasteiger partial charge is 0.324 e. The highest BCUT2D eigenvalue weighted by molar-refractivity contribution is 6.30. The molecule has 0 bridgehead atoms. The van der Waals surface area contributed by atoms with Crippen molar-refractivity contribution < 1.29 is 9.53 Å². The second kappa shape index (κ2) is 14.0. The number of esters is 1. The lowest BCUT2D eigenvalue weighted by atomic mass is 9.95. The minimum Gasteiger partial charge on any atom is -0.454 e. The van der Waals surface area contributed by atoms with Crippen LogP contribution in [0.4, 0.5) is 0 Å². The van der Waals surface area contributed by atoms with E-state index in [9.17, 15) is 4.79 Å². The van der Waals surface area contributed by atoms with Gasteiger partial charge in [-0.15, -0.1) is 10.2 Å². The molecule has 0 saturated heterocycles. The topological polar surface area (TPSA) is 121 Å². The third-order valence-electron chi connectivity index (χ3n) is 7.17. The first-order valence-electron chi connectivity index (χ1n) is 14.1. The number of H-pyrrole nitrogens is 2. The number of hydrogen-bond donors (Lipinski definition) is 3. The highest BCUT2D eigenvalue weighted by Gasteiger charge is 2.28. The Morgan fingerprint density at radius 1 is 0.976 bits per heavy atom. The summed E-state index contributed by atoms with van der Waals surface area (Å²) in [7, 11) is 1.76. The van der Waals surface area contributed by atoms with E-state index in [0.717, 1.165) is 52.9 Å². The standard InChI is InChI=1S/C32H34ClN7O2/c1-3-4-15-28-35-29(30(33)36-28)27(42-32(41)26(34-2)19-21-11-7-5-8-12-21)20-22-16-17-24(23-13-9-6-10-14-23)25(18-22)31-37-39-40-38-31/h5-14,16-18,26-27,34H,3-4,15,19-20H2,1-2H3,(H,35,36)(H,37,38,39,40)/t26-,27-/m0/s1. The van der Waals surface area contributed by atoms with Crippen LogP contribution in [0.3, 0.4) is 0 Å². The van der Waals surface area contributed by atoms with Crippen LogP contribution in [0.15, 0.2) is 78.9 Å². The molecule has 3 N–H and O–H groups in total. The van der Waals surface area contributed by atoms with Gasteiger partial charge in [-0.25, -0.2) is 4.98 Å². The van der Waals surface area contributed by atoms with Crippen LogP contribution in [-0.4, -0.2) is 49.7 Å². The van der Waals surface area contributed by atoms with Gasteiger partial charge in [0.1, 0.15) is 18.0 Å². The van der Waals surface area contributed by atoms with Crippen molar-refractivity contribution in [1.82, 2.24) is 35.9 Å². The number of nitrogens with zero attached hydrogens (tertiary/aromatic N) is 4. The summed E-state index contributed by atoms with van der Waals surface area (Å²) in [6.45, 7) is 2.13. The van der Waals surface area contributed by atoms with E-state index >= 15 is 0 Å². The first-order chi connectivity index (χ1) is 20.6. The number of nitrogens with one attached hydrogen (secondary N) is 3. The number of benzene rings is 3. The fraction of sp³-hybridized carbons (Fsp3) is 0.281. The third-order valence-corrected chi connectivity index (χ3v) is 7.46. The van der Waals surface area contributed by atoms with Gasteiger partial charge in [0, 0.05) is 18.4 Å². The fourth-order valence-electron chi connectivity index (χ4n) is 4.93. The van der Waals surface area contributed by atoms with Gasteiger partial charge in [0.2, 0.25) is 5.82 Å². The molecule has 2 heterocycles. The molecule has 0 saturated carbocycles. The first kappa shape index (κ1) is 29.2. The van der Waals surface area contributed by atoms with Gasteiger partial charge in [0.15, 0.2) is 5.15 Å². The number of carbonyl (C=O) groups is 1. The van der Waals surface area contributed by atoms with Crippen LogP contribution < -0.4 is 5.32 Å². The number of tetrazole rings is 1. The van der Waals surface area contributed by atoms with Crippen molar-refractivity contribution in [3.05, 3.63) is 107 Å². The summed E-state index contributed by atoms with van der Waals surface area (Å²) in [5.41, 5.74) is 5.34. The SMILES string of the molecule is CCCCc1nc(Cl)c([C@H](Cc2ccc(-c3ccccc3)c(-c3nn[nH]n3)c2)OC(=O)[C@H](Cc2ccccc2)NC)[nH]1. The molecular formula is C32H34ClN7O2. The van der Waals surface area contributed by atoms with Crippen molar-refractivity contribution in [1.29, 1.82) is 0 Å². The average Bonchev–Trinajstić information content (AvgIpc) is 3.69. The summed E-state index contributed by atoms with van der Waals surface area (Å²) in [4.78, 5) is 21.4. The monoisotopic (exact) mass is 583 g/mol. The van der Waals surface area contributed by atoms with E-state index in [1.54, 1.807) is 7.05 Å². The van der Waals surface area contributed by atoms with E-state index in [-0.39, 0.29) is 5.97 Å².